The van der Waals surface area contributed by atoms with Crippen LogP contribution in [0.5, 0.6) is 11.5 Å². The van der Waals surface area contributed by atoms with Crippen molar-refractivity contribution in [3.63, 3.8) is 0 Å². The van der Waals surface area contributed by atoms with Gasteiger partial charge in [0.1, 0.15) is 5.82 Å². The summed E-state index contributed by atoms with van der Waals surface area (Å²) in [5, 5.41) is 7.37. The van der Waals surface area contributed by atoms with Gasteiger partial charge in [0.05, 0.1) is 12.8 Å². The third kappa shape index (κ3) is 4.56. The molecule has 9 heteroatoms. The first-order valence-electron chi connectivity index (χ1n) is 10.2. The molecule has 1 aliphatic rings. The average Bonchev–Trinajstić information content (AvgIpc) is 3.38. The van der Waals surface area contributed by atoms with Crippen LogP contribution in [0, 0.1) is 5.82 Å². The molecule has 2 aromatic carbocycles. The second kappa shape index (κ2) is 9.33. The van der Waals surface area contributed by atoms with Gasteiger partial charge in [-0.3, -0.25) is 4.79 Å². The van der Waals surface area contributed by atoms with E-state index >= 15 is 0 Å². The Morgan fingerprint density at radius 2 is 1.94 bits per heavy atom. The van der Waals surface area contributed by atoms with Crippen molar-refractivity contribution in [1.29, 1.82) is 0 Å². The second-order valence-corrected chi connectivity index (χ2v) is 7.39. The first-order chi connectivity index (χ1) is 15.5. The lowest BCUT2D eigenvalue weighted by molar-refractivity contribution is -0.0512. The van der Waals surface area contributed by atoms with Crippen LogP contribution in [-0.4, -0.2) is 36.0 Å². The van der Waals surface area contributed by atoms with Crippen LogP contribution in [0.2, 0.25) is 0 Å². The molecule has 0 unspecified atom stereocenters. The summed E-state index contributed by atoms with van der Waals surface area (Å²) in [7, 11) is 1.37. The molecule has 0 saturated carbocycles. The zero-order chi connectivity index (χ0) is 22.7. The van der Waals surface area contributed by atoms with Crippen molar-refractivity contribution in [2.45, 2.75) is 32.3 Å². The zero-order valence-corrected chi connectivity index (χ0v) is 17.4. The van der Waals surface area contributed by atoms with E-state index in [4.69, 9.17) is 4.74 Å². The van der Waals surface area contributed by atoms with E-state index in [-0.39, 0.29) is 23.2 Å². The number of nitrogens with zero attached hydrogens (tertiary/aromatic N) is 2. The number of ether oxygens (including phenoxy) is 2. The van der Waals surface area contributed by atoms with Gasteiger partial charge in [0.15, 0.2) is 17.2 Å². The first-order valence-corrected chi connectivity index (χ1v) is 10.2. The highest BCUT2D eigenvalue weighted by atomic mass is 19.3. The molecule has 32 heavy (non-hydrogen) atoms. The number of hydrogen-bond acceptors (Lipinski definition) is 4. The molecule has 3 aromatic rings. The smallest absolute Gasteiger partial charge is 0.387 e. The Morgan fingerprint density at radius 1 is 1.16 bits per heavy atom. The van der Waals surface area contributed by atoms with Crippen molar-refractivity contribution in [2.75, 3.05) is 13.7 Å². The Bertz CT molecular complexity index is 1110. The maximum atomic E-state index is 13.3. The van der Waals surface area contributed by atoms with E-state index in [9.17, 15) is 18.0 Å². The summed E-state index contributed by atoms with van der Waals surface area (Å²) in [6.07, 6.45) is 2.97. The maximum absolute atomic E-state index is 13.3. The van der Waals surface area contributed by atoms with E-state index in [1.165, 1.54) is 25.3 Å². The van der Waals surface area contributed by atoms with Crippen LogP contribution in [0.1, 0.15) is 33.7 Å². The number of hydrogen-bond donors (Lipinski definition) is 1. The molecule has 6 nitrogen and oxygen atoms in total. The monoisotopic (exact) mass is 445 g/mol. The third-order valence-corrected chi connectivity index (χ3v) is 5.36. The largest absolute Gasteiger partial charge is 0.493 e. The van der Waals surface area contributed by atoms with Crippen molar-refractivity contribution < 1.29 is 27.4 Å². The normalized spacial score (nSPS) is 12.7. The van der Waals surface area contributed by atoms with Gasteiger partial charge < -0.3 is 14.8 Å². The quantitative estimate of drug-likeness (QED) is 0.568. The highest BCUT2D eigenvalue weighted by Crippen LogP contribution is 2.30. The predicted octanol–water partition coefficient (Wildman–Crippen LogP) is 4.08. The van der Waals surface area contributed by atoms with E-state index in [0.29, 0.717) is 24.3 Å². The fourth-order valence-electron chi connectivity index (χ4n) is 3.88. The molecule has 0 bridgehead atoms. The van der Waals surface area contributed by atoms with Crippen LogP contribution in [0.15, 0.2) is 42.5 Å². The van der Waals surface area contributed by atoms with Crippen LogP contribution in [0.4, 0.5) is 13.2 Å². The summed E-state index contributed by atoms with van der Waals surface area (Å²) in [4.78, 5) is 12.8. The first kappa shape index (κ1) is 21.7. The summed E-state index contributed by atoms with van der Waals surface area (Å²) in [6, 6.07) is 10.7. The molecule has 0 spiro atoms. The van der Waals surface area contributed by atoms with Gasteiger partial charge in [-0.25, -0.2) is 9.07 Å². The fourth-order valence-corrected chi connectivity index (χ4v) is 3.88. The summed E-state index contributed by atoms with van der Waals surface area (Å²) < 4.78 is 49.4. The van der Waals surface area contributed by atoms with E-state index in [2.05, 4.69) is 15.2 Å². The molecule has 1 amide bonds. The molecule has 0 saturated heterocycles. The predicted molar refractivity (Wildman–Crippen MR) is 111 cm³/mol. The lowest BCUT2D eigenvalue weighted by Crippen LogP contribution is -2.27. The number of rotatable bonds is 8. The molecule has 168 valence electrons. The van der Waals surface area contributed by atoms with Gasteiger partial charge >= 0.3 is 6.61 Å². The molecule has 0 aliphatic heterocycles. The number of aromatic nitrogens is 2. The number of carbonyl (C=O) groups excluding carboxylic acids is 1. The number of carbonyl (C=O) groups is 1. The van der Waals surface area contributed by atoms with Gasteiger partial charge in [-0.15, -0.1) is 0 Å². The topological polar surface area (TPSA) is 65.4 Å². The molecule has 1 N–H and O–H groups in total. The summed E-state index contributed by atoms with van der Waals surface area (Å²) >= 11 is 0. The Kier molecular flexibility index (Phi) is 6.34. The zero-order valence-electron chi connectivity index (χ0n) is 17.4. The Hall–Kier alpha value is -3.49. The lowest BCUT2D eigenvalue weighted by Gasteiger charge is -2.11. The second-order valence-electron chi connectivity index (χ2n) is 7.39. The molecule has 1 aliphatic carbocycles. The van der Waals surface area contributed by atoms with Crippen LogP contribution in [-0.2, 0) is 19.3 Å². The fraction of sp³-hybridized carbons (Fsp3) is 0.304. The van der Waals surface area contributed by atoms with Crippen LogP contribution in [0.3, 0.4) is 0 Å². The number of fused-ring (bicyclic) bond motifs is 1. The van der Waals surface area contributed by atoms with Crippen molar-refractivity contribution in [3.05, 3.63) is 70.8 Å². The van der Waals surface area contributed by atoms with Gasteiger partial charge in [-0.2, -0.15) is 13.9 Å². The number of methoxy groups -OCH3 is 1. The number of halogens is 3. The van der Waals surface area contributed by atoms with Crippen LogP contribution < -0.4 is 14.8 Å². The highest BCUT2D eigenvalue weighted by molar-refractivity contribution is 5.94. The van der Waals surface area contributed by atoms with E-state index in [1.807, 2.05) is 0 Å². The average molecular weight is 445 g/mol. The van der Waals surface area contributed by atoms with Gasteiger partial charge in [0.2, 0.25) is 0 Å². The van der Waals surface area contributed by atoms with Gasteiger partial charge in [-0.1, -0.05) is 6.07 Å². The number of alkyl halides is 2. The number of benzene rings is 2. The number of amides is 1. The van der Waals surface area contributed by atoms with E-state index < -0.39 is 6.61 Å². The molecule has 0 radical (unpaired) electrons. The van der Waals surface area contributed by atoms with Crippen molar-refractivity contribution in [3.8, 4) is 17.2 Å². The molecule has 0 atom stereocenters. The van der Waals surface area contributed by atoms with Crippen LogP contribution in [0.25, 0.3) is 5.69 Å². The minimum absolute atomic E-state index is 0.0443. The van der Waals surface area contributed by atoms with Gasteiger partial charge in [-0.05, 0) is 67.6 Å². The summed E-state index contributed by atoms with van der Waals surface area (Å²) in [5.41, 5.74) is 3.77. The SMILES string of the molecule is COc1cc(CCNC(=O)c2nn(-c3ccc(F)cc3)c3c2CCC3)ccc1OC(F)F. The third-order valence-electron chi connectivity index (χ3n) is 5.36. The summed E-state index contributed by atoms with van der Waals surface area (Å²) in [5.74, 6) is -0.461. The van der Waals surface area contributed by atoms with Gasteiger partial charge in [0, 0.05) is 17.8 Å². The molecule has 0 fully saturated rings. The van der Waals surface area contributed by atoms with Crippen molar-refractivity contribution >= 4 is 5.91 Å². The summed E-state index contributed by atoms with van der Waals surface area (Å²) in [6.45, 7) is -2.61. The van der Waals surface area contributed by atoms with E-state index in [0.717, 1.165) is 36.1 Å². The molecular weight excluding hydrogens is 423 g/mol. The molecule has 1 aromatic heterocycles. The highest BCUT2D eigenvalue weighted by Gasteiger charge is 2.26. The number of nitrogens with one attached hydrogen (secondary N) is 1. The van der Waals surface area contributed by atoms with Crippen LogP contribution >= 0.6 is 0 Å². The minimum atomic E-state index is -2.94. The van der Waals surface area contributed by atoms with Crippen molar-refractivity contribution in [2.24, 2.45) is 0 Å². The Balaban J connectivity index is 1.44. The lowest BCUT2D eigenvalue weighted by atomic mass is 10.1. The Morgan fingerprint density at radius 3 is 2.66 bits per heavy atom. The molecule has 4 rings (SSSR count). The maximum Gasteiger partial charge on any atom is 0.387 e. The van der Waals surface area contributed by atoms with E-state index in [1.54, 1.807) is 28.9 Å². The Labute approximate surface area is 183 Å². The van der Waals surface area contributed by atoms with Gasteiger partial charge in [0.25, 0.3) is 5.91 Å². The van der Waals surface area contributed by atoms with Crippen molar-refractivity contribution in [1.82, 2.24) is 15.1 Å². The standard InChI is InChI=1S/C23H22F3N3O3/c1-31-20-13-14(5-10-19(20)32-23(25)26)11-12-27-22(30)21-17-3-2-4-18(17)29(28-21)16-8-6-15(24)7-9-16/h5-10,13,23H,2-4,11-12H2,1H3,(H,27,30). The minimum Gasteiger partial charge on any atom is -0.493 e. The molecule has 1 heterocycles. The molecular formula is C23H22F3N3O3.